The fraction of sp³-hybridized carbons (Fsp3) is 0.143. The number of carbonyl (C=O) groups is 2. The fourth-order valence-corrected chi connectivity index (χ4v) is 2.73. The van der Waals surface area contributed by atoms with Gasteiger partial charge >= 0.3 is 0 Å². The van der Waals surface area contributed by atoms with Gasteiger partial charge < -0.3 is 10.6 Å². The van der Waals surface area contributed by atoms with Crippen molar-refractivity contribution in [3.63, 3.8) is 0 Å². The molecule has 0 spiro atoms. The third kappa shape index (κ3) is 3.91. The van der Waals surface area contributed by atoms with Crippen molar-refractivity contribution in [3.8, 4) is 0 Å². The second kappa shape index (κ2) is 6.67. The van der Waals surface area contributed by atoms with E-state index in [0.717, 1.165) is 15.7 Å². The summed E-state index contributed by atoms with van der Waals surface area (Å²) >= 11 is 4.81. The van der Waals surface area contributed by atoms with Gasteiger partial charge in [0.25, 0.3) is 5.91 Å². The van der Waals surface area contributed by atoms with E-state index in [0.29, 0.717) is 5.56 Å². The van der Waals surface area contributed by atoms with Gasteiger partial charge in [-0.2, -0.15) is 11.3 Å². The summed E-state index contributed by atoms with van der Waals surface area (Å²) in [6.07, 6.45) is 0. The van der Waals surface area contributed by atoms with Gasteiger partial charge in [0.15, 0.2) is 0 Å². The quantitative estimate of drug-likeness (QED) is 0.887. The Labute approximate surface area is 129 Å². The number of rotatable bonds is 4. The van der Waals surface area contributed by atoms with Crippen LogP contribution in [0.25, 0.3) is 0 Å². The van der Waals surface area contributed by atoms with Gasteiger partial charge in [0.1, 0.15) is 0 Å². The normalized spacial score (nSPS) is 10.1. The van der Waals surface area contributed by atoms with Crippen LogP contribution >= 0.6 is 27.3 Å². The maximum atomic E-state index is 11.8. The molecule has 4 nitrogen and oxygen atoms in total. The van der Waals surface area contributed by atoms with Crippen molar-refractivity contribution < 1.29 is 9.59 Å². The van der Waals surface area contributed by atoms with Gasteiger partial charge in [0, 0.05) is 21.1 Å². The maximum absolute atomic E-state index is 11.8. The summed E-state index contributed by atoms with van der Waals surface area (Å²) in [6.45, 7) is 1.86. The molecule has 6 heteroatoms. The Bertz CT molecular complexity index is 626. The number of anilines is 1. The van der Waals surface area contributed by atoms with Gasteiger partial charge in [-0.25, -0.2) is 0 Å². The molecule has 0 aliphatic heterocycles. The lowest BCUT2D eigenvalue weighted by Crippen LogP contribution is -2.32. The minimum absolute atomic E-state index is 0.0514. The first-order chi connectivity index (χ1) is 9.56. The zero-order chi connectivity index (χ0) is 14.5. The highest BCUT2D eigenvalue weighted by molar-refractivity contribution is 9.10. The van der Waals surface area contributed by atoms with E-state index >= 15 is 0 Å². The first-order valence-corrected chi connectivity index (χ1v) is 7.66. The molecule has 0 radical (unpaired) electrons. The van der Waals surface area contributed by atoms with Crippen LogP contribution in [0.15, 0.2) is 39.5 Å². The Hall–Kier alpha value is -1.66. The Morgan fingerprint density at radius 2 is 2.10 bits per heavy atom. The van der Waals surface area contributed by atoms with E-state index in [2.05, 4.69) is 26.6 Å². The van der Waals surface area contributed by atoms with E-state index in [4.69, 9.17) is 0 Å². The lowest BCUT2D eigenvalue weighted by molar-refractivity contribution is -0.115. The van der Waals surface area contributed by atoms with Gasteiger partial charge in [-0.15, -0.1) is 0 Å². The van der Waals surface area contributed by atoms with Crippen LogP contribution in [0, 0.1) is 6.92 Å². The summed E-state index contributed by atoms with van der Waals surface area (Å²) in [4.78, 5) is 23.5. The Balaban J connectivity index is 1.88. The molecule has 0 atom stereocenters. The molecule has 1 heterocycles. The SMILES string of the molecule is Cc1cc(Br)ccc1NC(=O)CNC(=O)c1ccsc1. The van der Waals surface area contributed by atoms with Crippen molar-refractivity contribution in [2.75, 3.05) is 11.9 Å². The molecule has 0 saturated heterocycles. The summed E-state index contributed by atoms with van der Waals surface area (Å²) in [7, 11) is 0. The lowest BCUT2D eigenvalue weighted by Gasteiger charge is -2.09. The van der Waals surface area contributed by atoms with Crippen LogP contribution in [0.4, 0.5) is 5.69 Å². The third-order valence-electron chi connectivity index (χ3n) is 2.66. The Kier molecular flexibility index (Phi) is 4.92. The smallest absolute Gasteiger partial charge is 0.252 e. The number of carbonyl (C=O) groups excluding carboxylic acids is 2. The van der Waals surface area contributed by atoms with E-state index < -0.39 is 0 Å². The van der Waals surface area contributed by atoms with Crippen molar-refractivity contribution in [1.29, 1.82) is 0 Å². The predicted molar refractivity (Wildman–Crippen MR) is 84.2 cm³/mol. The second-order valence-electron chi connectivity index (χ2n) is 4.20. The molecule has 0 aliphatic rings. The van der Waals surface area contributed by atoms with Crippen LogP contribution in [0.1, 0.15) is 15.9 Å². The highest BCUT2D eigenvalue weighted by Gasteiger charge is 2.09. The van der Waals surface area contributed by atoms with Crippen molar-refractivity contribution >= 4 is 44.8 Å². The zero-order valence-electron chi connectivity index (χ0n) is 10.8. The number of amides is 2. The number of nitrogens with one attached hydrogen (secondary N) is 2. The average molecular weight is 353 g/mol. The lowest BCUT2D eigenvalue weighted by atomic mass is 10.2. The van der Waals surface area contributed by atoms with E-state index in [1.54, 1.807) is 11.4 Å². The largest absolute Gasteiger partial charge is 0.343 e. The minimum atomic E-state index is -0.251. The molecule has 2 amide bonds. The van der Waals surface area contributed by atoms with Gasteiger partial charge in [-0.05, 0) is 42.1 Å². The predicted octanol–water partition coefficient (Wildman–Crippen LogP) is 3.19. The van der Waals surface area contributed by atoms with Crippen LogP contribution in [-0.4, -0.2) is 18.4 Å². The van der Waals surface area contributed by atoms with E-state index in [1.165, 1.54) is 11.3 Å². The van der Waals surface area contributed by atoms with E-state index in [-0.39, 0.29) is 18.4 Å². The minimum Gasteiger partial charge on any atom is -0.343 e. The topological polar surface area (TPSA) is 58.2 Å². The molecule has 2 N–H and O–H groups in total. The molecule has 0 saturated carbocycles. The molecule has 1 aromatic carbocycles. The van der Waals surface area contributed by atoms with E-state index in [9.17, 15) is 9.59 Å². The number of aryl methyl sites for hydroxylation is 1. The van der Waals surface area contributed by atoms with Gasteiger partial charge in [-0.3, -0.25) is 9.59 Å². The van der Waals surface area contributed by atoms with Crippen LogP contribution in [0.5, 0.6) is 0 Å². The summed E-state index contributed by atoms with van der Waals surface area (Å²) < 4.78 is 0.957. The van der Waals surface area contributed by atoms with E-state index in [1.807, 2.05) is 30.5 Å². The Morgan fingerprint density at radius 1 is 1.30 bits per heavy atom. The monoisotopic (exact) mass is 352 g/mol. The summed E-state index contributed by atoms with van der Waals surface area (Å²) in [5.74, 6) is -0.493. The molecule has 2 aromatic rings. The molecule has 0 fully saturated rings. The van der Waals surface area contributed by atoms with Gasteiger partial charge in [-0.1, -0.05) is 15.9 Å². The van der Waals surface area contributed by atoms with Crippen LogP contribution in [-0.2, 0) is 4.79 Å². The number of hydrogen-bond donors (Lipinski definition) is 2. The molecule has 20 heavy (non-hydrogen) atoms. The van der Waals surface area contributed by atoms with Crippen molar-refractivity contribution in [1.82, 2.24) is 5.32 Å². The molecular formula is C14H13BrN2O2S. The number of halogens is 1. The highest BCUT2D eigenvalue weighted by atomic mass is 79.9. The summed E-state index contributed by atoms with van der Waals surface area (Å²) in [6, 6.07) is 7.31. The molecule has 0 bridgehead atoms. The van der Waals surface area contributed by atoms with Crippen LogP contribution < -0.4 is 10.6 Å². The van der Waals surface area contributed by atoms with Crippen LogP contribution in [0.2, 0.25) is 0 Å². The number of benzene rings is 1. The molecule has 0 unspecified atom stereocenters. The molecule has 104 valence electrons. The fourth-order valence-electron chi connectivity index (χ4n) is 1.62. The molecule has 0 aliphatic carbocycles. The standard InChI is InChI=1S/C14H13BrN2O2S/c1-9-6-11(15)2-3-12(9)17-13(18)7-16-14(19)10-4-5-20-8-10/h2-6,8H,7H2,1H3,(H,16,19)(H,17,18). The Morgan fingerprint density at radius 3 is 2.75 bits per heavy atom. The first-order valence-electron chi connectivity index (χ1n) is 5.92. The first kappa shape index (κ1) is 14.7. The molecule has 2 rings (SSSR count). The summed E-state index contributed by atoms with van der Waals surface area (Å²) in [5.41, 5.74) is 2.27. The number of thiophene rings is 1. The maximum Gasteiger partial charge on any atom is 0.252 e. The number of hydrogen-bond acceptors (Lipinski definition) is 3. The van der Waals surface area contributed by atoms with Crippen LogP contribution in [0.3, 0.4) is 0 Å². The van der Waals surface area contributed by atoms with Gasteiger partial charge in [0.2, 0.25) is 5.91 Å². The van der Waals surface area contributed by atoms with Crippen molar-refractivity contribution in [3.05, 3.63) is 50.6 Å². The third-order valence-corrected chi connectivity index (χ3v) is 3.83. The second-order valence-corrected chi connectivity index (χ2v) is 5.90. The zero-order valence-corrected chi connectivity index (χ0v) is 13.2. The highest BCUT2D eigenvalue weighted by Crippen LogP contribution is 2.19. The molecular weight excluding hydrogens is 340 g/mol. The average Bonchev–Trinajstić information content (AvgIpc) is 2.93. The molecule has 1 aromatic heterocycles. The van der Waals surface area contributed by atoms with Gasteiger partial charge in [0.05, 0.1) is 6.54 Å². The summed E-state index contributed by atoms with van der Waals surface area (Å²) in [5, 5.41) is 8.91. The van der Waals surface area contributed by atoms with Crippen molar-refractivity contribution in [2.45, 2.75) is 6.92 Å². The van der Waals surface area contributed by atoms with Crippen molar-refractivity contribution in [2.24, 2.45) is 0 Å².